The molecule has 0 heterocycles. The number of likely N-dealkylation sites (N-methyl/N-ethyl adjacent to an activating group) is 1. The van der Waals surface area contributed by atoms with E-state index < -0.39 is 0 Å². The molecule has 0 aliphatic heterocycles. The third-order valence-corrected chi connectivity index (χ3v) is 2.15. The molecule has 0 spiro atoms. The lowest BCUT2D eigenvalue weighted by Crippen LogP contribution is -2.26. The van der Waals surface area contributed by atoms with Crippen molar-refractivity contribution >= 4 is 5.91 Å². The maximum absolute atomic E-state index is 13.0. The molecule has 0 aromatic heterocycles. The van der Waals surface area contributed by atoms with E-state index in [0.29, 0.717) is 17.7 Å². The second-order valence-corrected chi connectivity index (χ2v) is 3.44. The average molecular weight is 207 g/mol. The zero-order valence-corrected chi connectivity index (χ0v) is 8.96. The van der Waals surface area contributed by atoms with Gasteiger partial charge in [0.15, 0.2) is 0 Å². The maximum atomic E-state index is 13.0. The normalized spacial score (nSPS) is 9.80. The first-order valence-corrected chi connectivity index (χ1v) is 4.68. The van der Waals surface area contributed by atoms with Crippen LogP contribution in [-0.2, 0) is 0 Å². The van der Waals surface area contributed by atoms with Gasteiger partial charge in [0, 0.05) is 19.2 Å². The lowest BCUT2D eigenvalue weighted by molar-refractivity contribution is 0.0810. The van der Waals surface area contributed by atoms with E-state index in [-0.39, 0.29) is 11.7 Å². The van der Waals surface area contributed by atoms with Crippen LogP contribution < -0.4 is 0 Å². The number of hydrogen-bond donors (Lipinski definition) is 0. The summed E-state index contributed by atoms with van der Waals surface area (Å²) in [6.07, 6.45) is 1.65. The lowest BCUT2D eigenvalue weighted by atomic mass is 10.1. The first kappa shape index (κ1) is 11.4. The zero-order valence-electron chi connectivity index (χ0n) is 8.96. The molecule has 0 aliphatic carbocycles. The Labute approximate surface area is 89.0 Å². The first-order valence-electron chi connectivity index (χ1n) is 4.68. The van der Waals surface area contributed by atoms with E-state index in [9.17, 15) is 9.18 Å². The summed E-state index contributed by atoms with van der Waals surface area (Å²) in [6, 6.07) is 4.35. The number of hydrogen-bond acceptors (Lipinski definition) is 1. The van der Waals surface area contributed by atoms with E-state index in [1.165, 1.54) is 17.0 Å². The molecule has 0 atom stereocenters. The van der Waals surface area contributed by atoms with Gasteiger partial charge in [-0.15, -0.1) is 6.58 Å². The van der Waals surface area contributed by atoms with Crippen molar-refractivity contribution in [1.29, 1.82) is 0 Å². The van der Waals surface area contributed by atoms with Gasteiger partial charge in [0.1, 0.15) is 5.82 Å². The number of rotatable bonds is 3. The van der Waals surface area contributed by atoms with Crippen LogP contribution in [0.1, 0.15) is 15.9 Å². The summed E-state index contributed by atoms with van der Waals surface area (Å²) >= 11 is 0. The van der Waals surface area contributed by atoms with E-state index in [0.717, 1.165) is 0 Å². The monoisotopic (exact) mass is 207 g/mol. The Morgan fingerprint density at radius 2 is 2.27 bits per heavy atom. The molecule has 0 saturated heterocycles. The Hall–Kier alpha value is -1.64. The molecule has 1 aromatic carbocycles. The average Bonchev–Trinajstić information content (AvgIpc) is 2.21. The predicted octanol–water partition coefficient (Wildman–Crippen LogP) is 2.39. The van der Waals surface area contributed by atoms with Gasteiger partial charge in [-0.3, -0.25) is 4.79 Å². The Morgan fingerprint density at radius 3 is 2.80 bits per heavy atom. The van der Waals surface area contributed by atoms with Gasteiger partial charge < -0.3 is 4.90 Å². The molecule has 0 fully saturated rings. The number of benzene rings is 1. The molecule has 0 saturated carbocycles. The number of carbonyl (C=O) groups is 1. The van der Waals surface area contributed by atoms with E-state index in [4.69, 9.17) is 0 Å². The minimum atomic E-state index is -0.294. The predicted molar refractivity (Wildman–Crippen MR) is 58.3 cm³/mol. The van der Waals surface area contributed by atoms with Crippen LogP contribution in [0.2, 0.25) is 0 Å². The summed E-state index contributed by atoms with van der Waals surface area (Å²) in [5.74, 6) is -0.420. The zero-order chi connectivity index (χ0) is 11.4. The summed E-state index contributed by atoms with van der Waals surface area (Å²) in [7, 11) is 1.68. The smallest absolute Gasteiger partial charge is 0.253 e. The summed E-state index contributed by atoms with van der Waals surface area (Å²) in [6.45, 7) is 5.67. The van der Waals surface area contributed by atoms with Crippen LogP contribution >= 0.6 is 0 Å². The molecule has 0 N–H and O–H groups in total. The molecular formula is C12H14FNO. The van der Waals surface area contributed by atoms with E-state index in [2.05, 4.69) is 6.58 Å². The Morgan fingerprint density at radius 1 is 1.60 bits per heavy atom. The first-order chi connectivity index (χ1) is 7.06. The lowest BCUT2D eigenvalue weighted by Gasteiger charge is -2.15. The third-order valence-electron chi connectivity index (χ3n) is 2.15. The van der Waals surface area contributed by atoms with Gasteiger partial charge in [0.2, 0.25) is 0 Å². The second kappa shape index (κ2) is 4.73. The van der Waals surface area contributed by atoms with Gasteiger partial charge in [-0.1, -0.05) is 6.08 Å². The molecule has 1 amide bonds. The fraction of sp³-hybridized carbons (Fsp3) is 0.250. The summed E-state index contributed by atoms with van der Waals surface area (Å²) < 4.78 is 13.0. The number of carbonyl (C=O) groups excluding carboxylic acids is 1. The van der Waals surface area contributed by atoms with Crippen molar-refractivity contribution in [3.8, 4) is 0 Å². The fourth-order valence-electron chi connectivity index (χ4n) is 1.27. The number of halogens is 1. The molecule has 80 valence electrons. The van der Waals surface area contributed by atoms with E-state index >= 15 is 0 Å². The number of amides is 1. The standard InChI is InChI=1S/C12H14FNO/c1-4-7-14(3)12(15)10-5-6-11(13)9(2)8-10/h4-6,8H,1,7H2,2-3H3. The minimum absolute atomic E-state index is 0.127. The maximum Gasteiger partial charge on any atom is 0.253 e. The van der Waals surface area contributed by atoms with Gasteiger partial charge >= 0.3 is 0 Å². The molecule has 2 nitrogen and oxygen atoms in total. The van der Waals surface area contributed by atoms with Crippen LogP contribution in [0.5, 0.6) is 0 Å². The quantitative estimate of drug-likeness (QED) is 0.697. The van der Waals surface area contributed by atoms with E-state index in [1.54, 1.807) is 26.1 Å². The van der Waals surface area contributed by atoms with Crippen LogP contribution in [-0.4, -0.2) is 24.4 Å². The van der Waals surface area contributed by atoms with Crippen molar-refractivity contribution in [3.63, 3.8) is 0 Å². The Kier molecular flexibility index (Phi) is 3.61. The van der Waals surface area contributed by atoms with Crippen molar-refractivity contribution < 1.29 is 9.18 Å². The number of nitrogens with zero attached hydrogens (tertiary/aromatic N) is 1. The van der Waals surface area contributed by atoms with Gasteiger partial charge in [0.05, 0.1) is 0 Å². The molecule has 0 aliphatic rings. The molecule has 0 unspecified atom stereocenters. The summed E-state index contributed by atoms with van der Waals surface area (Å²) in [4.78, 5) is 13.3. The van der Waals surface area contributed by atoms with Crippen molar-refractivity contribution in [3.05, 3.63) is 47.8 Å². The van der Waals surface area contributed by atoms with Crippen LogP contribution in [0.4, 0.5) is 4.39 Å². The highest BCUT2D eigenvalue weighted by Crippen LogP contribution is 2.10. The van der Waals surface area contributed by atoms with Crippen LogP contribution in [0, 0.1) is 12.7 Å². The molecule has 3 heteroatoms. The van der Waals surface area contributed by atoms with Crippen LogP contribution in [0.25, 0.3) is 0 Å². The molecule has 15 heavy (non-hydrogen) atoms. The highest BCUT2D eigenvalue weighted by molar-refractivity contribution is 5.94. The fourth-order valence-corrected chi connectivity index (χ4v) is 1.27. The van der Waals surface area contributed by atoms with Gasteiger partial charge in [-0.2, -0.15) is 0 Å². The summed E-state index contributed by atoms with van der Waals surface area (Å²) in [5.41, 5.74) is 0.978. The molecule has 0 bridgehead atoms. The van der Waals surface area contributed by atoms with Gasteiger partial charge in [-0.05, 0) is 30.7 Å². The molecular weight excluding hydrogens is 193 g/mol. The van der Waals surface area contributed by atoms with Crippen molar-refractivity contribution in [2.24, 2.45) is 0 Å². The van der Waals surface area contributed by atoms with Crippen molar-refractivity contribution in [2.45, 2.75) is 6.92 Å². The minimum Gasteiger partial charge on any atom is -0.338 e. The third kappa shape index (κ3) is 2.65. The molecule has 1 rings (SSSR count). The van der Waals surface area contributed by atoms with Gasteiger partial charge in [-0.25, -0.2) is 4.39 Å². The second-order valence-electron chi connectivity index (χ2n) is 3.44. The van der Waals surface area contributed by atoms with Crippen molar-refractivity contribution in [1.82, 2.24) is 4.90 Å². The van der Waals surface area contributed by atoms with Crippen LogP contribution in [0.3, 0.4) is 0 Å². The molecule has 1 aromatic rings. The van der Waals surface area contributed by atoms with Crippen molar-refractivity contribution in [2.75, 3.05) is 13.6 Å². The Balaban J connectivity index is 2.91. The van der Waals surface area contributed by atoms with Gasteiger partial charge in [0.25, 0.3) is 5.91 Å². The topological polar surface area (TPSA) is 20.3 Å². The number of aryl methyl sites for hydroxylation is 1. The van der Waals surface area contributed by atoms with Crippen LogP contribution in [0.15, 0.2) is 30.9 Å². The molecule has 0 radical (unpaired) electrons. The van der Waals surface area contributed by atoms with E-state index in [1.807, 2.05) is 0 Å². The Bertz CT molecular complexity index is 387. The highest BCUT2D eigenvalue weighted by atomic mass is 19.1. The highest BCUT2D eigenvalue weighted by Gasteiger charge is 2.11. The SMILES string of the molecule is C=CCN(C)C(=O)c1ccc(F)c(C)c1. The largest absolute Gasteiger partial charge is 0.338 e. The summed E-state index contributed by atoms with van der Waals surface area (Å²) in [5, 5.41) is 0.